The van der Waals surface area contributed by atoms with Gasteiger partial charge in [0.2, 0.25) is 0 Å². The predicted octanol–water partition coefficient (Wildman–Crippen LogP) is 1.23. The first-order chi connectivity index (χ1) is 9.56. The summed E-state index contributed by atoms with van der Waals surface area (Å²) >= 11 is 0. The Hall–Kier alpha value is -1.11. The van der Waals surface area contributed by atoms with Crippen molar-refractivity contribution in [3.63, 3.8) is 0 Å². The molecule has 3 N–H and O–H groups in total. The van der Waals surface area contributed by atoms with E-state index in [-0.39, 0.29) is 6.54 Å². The van der Waals surface area contributed by atoms with Crippen molar-refractivity contribution >= 4 is 9.84 Å². The lowest BCUT2D eigenvalue weighted by Crippen LogP contribution is -2.48. The molecule has 5 nitrogen and oxygen atoms in total. The van der Waals surface area contributed by atoms with Crippen molar-refractivity contribution in [1.82, 2.24) is 0 Å². The third kappa shape index (κ3) is 3.56. The van der Waals surface area contributed by atoms with Gasteiger partial charge in [-0.25, -0.2) is 8.42 Å². The second-order valence-electron chi connectivity index (χ2n) is 5.91. The van der Waals surface area contributed by atoms with E-state index in [0.29, 0.717) is 5.75 Å². The lowest BCUT2D eigenvalue weighted by Gasteiger charge is -2.34. The van der Waals surface area contributed by atoms with Crippen molar-refractivity contribution in [1.29, 1.82) is 0 Å². The van der Waals surface area contributed by atoms with Crippen LogP contribution in [0.1, 0.15) is 30.9 Å². The van der Waals surface area contributed by atoms with Crippen LogP contribution in [0.5, 0.6) is 5.75 Å². The quantitative estimate of drug-likeness (QED) is 0.824. The minimum absolute atomic E-state index is 0.125. The molecule has 0 aliphatic rings. The highest BCUT2D eigenvalue weighted by Gasteiger charge is 2.43. The van der Waals surface area contributed by atoms with E-state index in [1.807, 2.05) is 19.1 Å². The molecule has 1 rings (SSSR count). The van der Waals surface area contributed by atoms with Crippen LogP contribution < -0.4 is 10.5 Å². The van der Waals surface area contributed by atoms with Crippen molar-refractivity contribution in [3.8, 4) is 5.75 Å². The van der Waals surface area contributed by atoms with Crippen molar-refractivity contribution in [2.24, 2.45) is 5.73 Å². The normalized spacial score (nSPS) is 15.6. The Kier molecular flexibility index (Phi) is 5.41. The predicted molar refractivity (Wildman–Crippen MR) is 84.5 cm³/mol. The molecule has 0 heterocycles. The Balaban J connectivity index is 3.35. The van der Waals surface area contributed by atoms with E-state index >= 15 is 0 Å². The summed E-state index contributed by atoms with van der Waals surface area (Å²) in [5.74, 6) is 0.0731. The smallest absolute Gasteiger partial charge is 0.155 e. The van der Waals surface area contributed by atoms with Gasteiger partial charge in [-0.05, 0) is 26.8 Å². The first kappa shape index (κ1) is 17.9. The zero-order valence-corrected chi connectivity index (χ0v) is 14.1. The number of aryl methyl sites for hydroxylation is 1. The van der Waals surface area contributed by atoms with E-state index in [1.165, 1.54) is 21.0 Å². The average molecular weight is 315 g/mol. The standard InChI is InChI=1S/C15H25NO4S/c1-10-6-7-13(20-4)11(8-10)12(9-16)14(17)15(2,3)21(5,18)19/h6-8,12,14,17H,9,16H2,1-5H3. The number of benzene rings is 1. The number of rotatable bonds is 6. The molecule has 6 heteroatoms. The largest absolute Gasteiger partial charge is 0.496 e. The Bertz CT molecular complexity index is 596. The maximum absolute atomic E-state index is 11.9. The maximum atomic E-state index is 11.9. The highest BCUT2D eigenvalue weighted by atomic mass is 32.2. The van der Waals surface area contributed by atoms with Crippen LogP contribution in [0, 0.1) is 6.92 Å². The molecular weight excluding hydrogens is 290 g/mol. The molecule has 120 valence electrons. The van der Waals surface area contributed by atoms with Gasteiger partial charge in [-0.3, -0.25) is 0 Å². The maximum Gasteiger partial charge on any atom is 0.155 e. The van der Waals surface area contributed by atoms with Crippen LogP contribution in [-0.4, -0.2) is 44.3 Å². The summed E-state index contributed by atoms with van der Waals surface area (Å²) in [6, 6.07) is 5.56. The summed E-state index contributed by atoms with van der Waals surface area (Å²) in [6.45, 7) is 5.07. The zero-order chi connectivity index (χ0) is 16.4. The molecule has 0 aliphatic heterocycles. The van der Waals surface area contributed by atoms with Crippen LogP contribution in [0.25, 0.3) is 0 Å². The van der Waals surface area contributed by atoms with Crippen LogP contribution in [-0.2, 0) is 9.84 Å². The van der Waals surface area contributed by atoms with E-state index in [9.17, 15) is 13.5 Å². The van der Waals surface area contributed by atoms with Gasteiger partial charge >= 0.3 is 0 Å². The van der Waals surface area contributed by atoms with E-state index in [1.54, 1.807) is 6.07 Å². The van der Waals surface area contributed by atoms with Crippen LogP contribution in [0.3, 0.4) is 0 Å². The highest BCUT2D eigenvalue weighted by Crippen LogP contribution is 2.35. The fourth-order valence-corrected chi connectivity index (χ4v) is 2.88. The molecule has 2 atom stereocenters. The van der Waals surface area contributed by atoms with Gasteiger partial charge < -0.3 is 15.6 Å². The van der Waals surface area contributed by atoms with Crippen LogP contribution >= 0.6 is 0 Å². The topological polar surface area (TPSA) is 89.6 Å². The minimum atomic E-state index is -3.44. The Morgan fingerprint density at radius 1 is 1.38 bits per heavy atom. The van der Waals surface area contributed by atoms with Crippen LogP contribution in [0.2, 0.25) is 0 Å². The summed E-state index contributed by atoms with van der Waals surface area (Å²) in [5.41, 5.74) is 7.53. The molecule has 0 amide bonds. The number of nitrogens with two attached hydrogens (primary N) is 1. The summed E-state index contributed by atoms with van der Waals surface area (Å²) in [7, 11) is -1.90. The van der Waals surface area contributed by atoms with Crippen molar-refractivity contribution in [3.05, 3.63) is 29.3 Å². The van der Waals surface area contributed by atoms with Gasteiger partial charge in [0.05, 0.1) is 18.0 Å². The SMILES string of the molecule is COc1ccc(C)cc1C(CN)C(O)C(C)(C)S(C)(=O)=O. The summed E-state index contributed by atoms with van der Waals surface area (Å²) < 4.78 is 27.9. The third-order valence-corrected chi connectivity index (χ3v) is 6.24. The van der Waals surface area contributed by atoms with Crippen molar-refractivity contribution in [2.75, 3.05) is 19.9 Å². The molecule has 0 saturated heterocycles. The molecule has 21 heavy (non-hydrogen) atoms. The molecule has 1 aromatic carbocycles. The van der Waals surface area contributed by atoms with E-state index in [4.69, 9.17) is 10.5 Å². The molecule has 0 radical (unpaired) electrons. The molecule has 0 saturated carbocycles. The van der Waals surface area contributed by atoms with Crippen LogP contribution in [0.4, 0.5) is 0 Å². The van der Waals surface area contributed by atoms with Gasteiger partial charge in [0.1, 0.15) is 5.75 Å². The molecule has 0 bridgehead atoms. The molecular formula is C15H25NO4S. The molecule has 0 aromatic heterocycles. The monoisotopic (exact) mass is 315 g/mol. The van der Waals surface area contributed by atoms with Gasteiger partial charge in [0.15, 0.2) is 9.84 Å². The van der Waals surface area contributed by atoms with E-state index in [2.05, 4.69) is 0 Å². The van der Waals surface area contributed by atoms with Crippen molar-refractivity contribution < 1.29 is 18.3 Å². The van der Waals surface area contributed by atoms with Crippen LogP contribution in [0.15, 0.2) is 18.2 Å². The summed E-state index contributed by atoms with van der Waals surface area (Å²) in [5, 5.41) is 10.6. The number of hydrogen-bond donors (Lipinski definition) is 2. The third-order valence-electron chi connectivity index (χ3n) is 4.09. The van der Waals surface area contributed by atoms with E-state index in [0.717, 1.165) is 17.4 Å². The molecule has 0 aliphatic carbocycles. The van der Waals surface area contributed by atoms with Gasteiger partial charge in [0.25, 0.3) is 0 Å². The lowest BCUT2D eigenvalue weighted by atomic mass is 9.85. The Morgan fingerprint density at radius 2 is 1.95 bits per heavy atom. The average Bonchev–Trinajstić information content (AvgIpc) is 2.38. The minimum Gasteiger partial charge on any atom is -0.496 e. The lowest BCUT2D eigenvalue weighted by molar-refractivity contribution is 0.109. The number of ether oxygens (including phenoxy) is 1. The molecule has 1 aromatic rings. The fourth-order valence-electron chi connectivity index (χ4n) is 2.27. The van der Waals surface area contributed by atoms with Gasteiger partial charge in [-0.1, -0.05) is 17.7 Å². The van der Waals surface area contributed by atoms with Crippen molar-refractivity contribution in [2.45, 2.75) is 37.5 Å². The molecule has 0 fully saturated rings. The number of sulfone groups is 1. The molecule has 2 unspecified atom stereocenters. The van der Waals surface area contributed by atoms with Gasteiger partial charge in [-0.2, -0.15) is 0 Å². The number of aliphatic hydroxyl groups is 1. The summed E-state index contributed by atoms with van der Waals surface area (Å²) in [4.78, 5) is 0. The van der Waals surface area contributed by atoms with Gasteiger partial charge in [-0.15, -0.1) is 0 Å². The number of aliphatic hydroxyl groups excluding tert-OH is 1. The zero-order valence-electron chi connectivity index (χ0n) is 13.3. The molecule has 0 spiro atoms. The number of hydrogen-bond acceptors (Lipinski definition) is 5. The first-order valence-electron chi connectivity index (χ1n) is 6.78. The highest BCUT2D eigenvalue weighted by molar-refractivity contribution is 7.92. The Labute approximate surface area is 127 Å². The number of methoxy groups -OCH3 is 1. The first-order valence-corrected chi connectivity index (χ1v) is 8.67. The Morgan fingerprint density at radius 3 is 2.38 bits per heavy atom. The second kappa shape index (κ2) is 6.34. The fraction of sp³-hybridized carbons (Fsp3) is 0.600. The second-order valence-corrected chi connectivity index (χ2v) is 8.50. The summed E-state index contributed by atoms with van der Waals surface area (Å²) in [6.07, 6.45) is -0.00900. The van der Waals surface area contributed by atoms with Gasteiger partial charge in [0, 0.05) is 24.3 Å². The van der Waals surface area contributed by atoms with E-state index < -0.39 is 26.6 Å².